The summed E-state index contributed by atoms with van der Waals surface area (Å²) < 4.78 is 0. The van der Waals surface area contributed by atoms with E-state index in [1.165, 1.54) is 42.5 Å². The topological polar surface area (TPSA) is 20.3 Å². The fourth-order valence-corrected chi connectivity index (χ4v) is 4.36. The summed E-state index contributed by atoms with van der Waals surface area (Å²) in [4.78, 5) is 15.5. The molecule has 1 fully saturated rings. The second-order valence-electron chi connectivity index (χ2n) is 6.31. The molecule has 1 saturated heterocycles. The molecule has 0 saturated carbocycles. The van der Waals surface area contributed by atoms with Crippen molar-refractivity contribution in [2.24, 2.45) is 5.92 Å². The molecule has 2 nitrogen and oxygen atoms in total. The number of ketones is 1. The Hall–Kier alpha value is -1.57. The Morgan fingerprint density at radius 1 is 1.00 bits per heavy atom. The van der Waals surface area contributed by atoms with Crippen LogP contribution < -0.4 is 0 Å². The van der Waals surface area contributed by atoms with Gasteiger partial charge in [-0.15, -0.1) is 0 Å². The molecule has 2 heteroatoms. The van der Waals surface area contributed by atoms with Crippen LogP contribution in [0.2, 0.25) is 0 Å². The van der Waals surface area contributed by atoms with Gasteiger partial charge in [0.15, 0.2) is 5.78 Å². The second-order valence-corrected chi connectivity index (χ2v) is 6.31. The van der Waals surface area contributed by atoms with Crippen molar-refractivity contribution in [2.45, 2.75) is 38.0 Å². The lowest BCUT2D eigenvalue weighted by Gasteiger charge is -2.36. The van der Waals surface area contributed by atoms with E-state index in [0.29, 0.717) is 11.7 Å². The first kappa shape index (κ1) is 12.2. The Kier molecular flexibility index (Phi) is 2.90. The van der Waals surface area contributed by atoms with E-state index in [0.717, 1.165) is 19.5 Å². The number of piperidine rings is 1. The Morgan fingerprint density at radius 2 is 1.80 bits per heavy atom. The van der Waals surface area contributed by atoms with Crippen molar-refractivity contribution in [3.63, 3.8) is 0 Å². The van der Waals surface area contributed by atoms with Gasteiger partial charge >= 0.3 is 0 Å². The van der Waals surface area contributed by atoms with Crippen LogP contribution in [0.25, 0.3) is 0 Å². The van der Waals surface area contributed by atoms with E-state index in [1.54, 1.807) is 0 Å². The van der Waals surface area contributed by atoms with Gasteiger partial charge in [-0.05, 0) is 37.7 Å². The highest BCUT2D eigenvalue weighted by molar-refractivity contribution is 6.04. The third-order valence-electron chi connectivity index (χ3n) is 5.19. The van der Waals surface area contributed by atoms with Crippen molar-refractivity contribution >= 4 is 5.78 Å². The number of rotatable bonds is 1. The Bertz CT molecular complexity index is 560. The molecular formula is C18H21NO. The standard InChI is InChI=1S/C18H21NO/c20-18-15-9-4-5-11-19-12-6-10-14(17(15)19)16(18)13-7-2-1-3-8-13/h1-3,7-8,14,16H,4-6,9-12H2/t14-,16-/m1/s1. The molecule has 0 aromatic heterocycles. The largest absolute Gasteiger partial charge is 0.374 e. The SMILES string of the molecule is O=C1C2=C3[C@H](CCCN3CCCC2)[C@H]1c1ccccc1. The predicted octanol–water partition coefficient (Wildman–Crippen LogP) is 3.50. The normalized spacial score (nSPS) is 29.4. The molecule has 0 unspecified atom stereocenters. The maximum Gasteiger partial charge on any atom is 0.168 e. The summed E-state index contributed by atoms with van der Waals surface area (Å²) >= 11 is 0. The summed E-state index contributed by atoms with van der Waals surface area (Å²) in [6, 6.07) is 10.4. The highest BCUT2D eigenvalue weighted by Gasteiger charge is 2.45. The van der Waals surface area contributed by atoms with Crippen molar-refractivity contribution in [1.82, 2.24) is 4.90 Å². The summed E-state index contributed by atoms with van der Waals surface area (Å²) in [6.45, 7) is 2.31. The molecule has 3 aliphatic rings. The summed E-state index contributed by atoms with van der Waals surface area (Å²) in [7, 11) is 0. The highest BCUT2D eigenvalue weighted by Crippen LogP contribution is 2.49. The van der Waals surface area contributed by atoms with Gasteiger partial charge in [-0.25, -0.2) is 0 Å². The maximum atomic E-state index is 13.0. The molecule has 2 atom stereocenters. The van der Waals surface area contributed by atoms with E-state index in [1.807, 2.05) is 6.07 Å². The fourth-order valence-electron chi connectivity index (χ4n) is 4.36. The molecule has 0 radical (unpaired) electrons. The first-order valence-electron chi connectivity index (χ1n) is 7.93. The van der Waals surface area contributed by atoms with E-state index in [9.17, 15) is 4.79 Å². The molecule has 1 aromatic rings. The van der Waals surface area contributed by atoms with Crippen LogP contribution in [0.15, 0.2) is 41.6 Å². The van der Waals surface area contributed by atoms with Gasteiger partial charge in [0.2, 0.25) is 0 Å². The van der Waals surface area contributed by atoms with Crippen LogP contribution in [0.3, 0.4) is 0 Å². The summed E-state index contributed by atoms with van der Waals surface area (Å²) in [5.74, 6) is 0.971. The lowest BCUT2D eigenvalue weighted by atomic mass is 9.81. The van der Waals surface area contributed by atoms with Crippen LogP contribution in [0.5, 0.6) is 0 Å². The molecule has 20 heavy (non-hydrogen) atoms. The average molecular weight is 267 g/mol. The third-order valence-corrected chi connectivity index (χ3v) is 5.19. The van der Waals surface area contributed by atoms with Gasteiger partial charge < -0.3 is 4.90 Å². The smallest absolute Gasteiger partial charge is 0.168 e. The molecule has 2 heterocycles. The van der Waals surface area contributed by atoms with Crippen molar-refractivity contribution < 1.29 is 4.79 Å². The molecule has 0 spiro atoms. The van der Waals surface area contributed by atoms with Gasteiger partial charge in [-0.3, -0.25) is 4.79 Å². The van der Waals surface area contributed by atoms with Gasteiger partial charge in [0.25, 0.3) is 0 Å². The average Bonchev–Trinajstić information content (AvgIpc) is 2.64. The van der Waals surface area contributed by atoms with E-state index in [-0.39, 0.29) is 5.92 Å². The first-order valence-corrected chi connectivity index (χ1v) is 7.93. The molecule has 1 aromatic carbocycles. The number of Topliss-reactive ketones (excluding diaryl/α,β-unsaturated/α-hetero) is 1. The first-order chi connectivity index (χ1) is 9.86. The molecule has 0 N–H and O–H groups in total. The quantitative estimate of drug-likeness (QED) is 0.776. The maximum absolute atomic E-state index is 13.0. The van der Waals surface area contributed by atoms with Gasteiger partial charge in [0, 0.05) is 30.3 Å². The lowest BCUT2D eigenvalue weighted by molar-refractivity contribution is -0.117. The fraction of sp³-hybridized carbons (Fsp3) is 0.500. The molecule has 2 aliphatic heterocycles. The van der Waals surface area contributed by atoms with E-state index in [4.69, 9.17) is 0 Å². The minimum absolute atomic E-state index is 0.0992. The minimum Gasteiger partial charge on any atom is -0.374 e. The number of hydrogen-bond acceptors (Lipinski definition) is 2. The molecule has 4 rings (SSSR count). The van der Waals surface area contributed by atoms with Crippen LogP contribution in [0, 0.1) is 5.92 Å². The molecule has 1 aliphatic carbocycles. The second kappa shape index (κ2) is 4.76. The van der Waals surface area contributed by atoms with Gasteiger partial charge in [0.05, 0.1) is 5.92 Å². The molecule has 0 amide bonds. The number of allylic oxidation sites excluding steroid dienone is 2. The summed E-state index contributed by atoms with van der Waals surface area (Å²) in [5, 5.41) is 0. The number of hydrogen-bond donors (Lipinski definition) is 0. The van der Waals surface area contributed by atoms with E-state index in [2.05, 4.69) is 29.2 Å². The zero-order chi connectivity index (χ0) is 13.5. The van der Waals surface area contributed by atoms with Crippen LogP contribution in [0.4, 0.5) is 0 Å². The Labute approximate surface area is 120 Å². The van der Waals surface area contributed by atoms with Crippen LogP contribution in [0.1, 0.15) is 43.6 Å². The van der Waals surface area contributed by atoms with Gasteiger partial charge in [0.1, 0.15) is 0 Å². The number of nitrogens with zero attached hydrogens (tertiary/aromatic N) is 1. The molecule has 0 bridgehead atoms. The van der Waals surface area contributed by atoms with Gasteiger partial charge in [-0.1, -0.05) is 30.3 Å². The van der Waals surface area contributed by atoms with Crippen molar-refractivity contribution in [3.8, 4) is 0 Å². The van der Waals surface area contributed by atoms with Crippen molar-refractivity contribution in [3.05, 3.63) is 47.2 Å². The van der Waals surface area contributed by atoms with Crippen molar-refractivity contribution in [1.29, 1.82) is 0 Å². The minimum atomic E-state index is 0.0992. The van der Waals surface area contributed by atoms with Crippen molar-refractivity contribution in [2.75, 3.05) is 13.1 Å². The highest BCUT2D eigenvalue weighted by atomic mass is 16.1. The zero-order valence-electron chi connectivity index (χ0n) is 11.8. The van der Waals surface area contributed by atoms with E-state index < -0.39 is 0 Å². The number of benzene rings is 1. The van der Waals surface area contributed by atoms with Crippen LogP contribution >= 0.6 is 0 Å². The van der Waals surface area contributed by atoms with E-state index >= 15 is 0 Å². The molecular weight excluding hydrogens is 246 g/mol. The predicted molar refractivity (Wildman–Crippen MR) is 79.4 cm³/mol. The Morgan fingerprint density at radius 3 is 2.65 bits per heavy atom. The number of carbonyl (C=O) groups is 1. The van der Waals surface area contributed by atoms with Crippen LogP contribution in [-0.2, 0) is 4.79 Å². The number of carbonyl (C=O) groups excluding carboxylic acids is 1. The Balaban J connectivity index is 1.78. The lowest BCUT2D eigenvalue weighted by Crippen LogP contribution is -2.34. The monoisotopic (exact) mass is 267 g/mol. The molecule has 104 valence electrons. The summed E-state index contributed by atoms with van der Waals surface area (Å²) in [5.41, 5.74) is 3.81. The third kappa shape index (κ3) is 1.74. The summed E-state index contributed by atoms with van der Waals surface area (Å²) in [6.07, 6.45) is 5.83. The zero-order valence-corrected chi connectivity index (χ0v) is 11.8. The van der Waals surface area contributed by atoms with Gasteiger partial charge in [-0.2, -0.15) is 0 Å². The van der Waals surface area contributed by atoms with Crippen LogP contribution in [-0.4, -0.2) is 23.8 Å².